The summed E-state index contributed by atoms with van der Waals surface area (Å²) in [7, 11) is 1.82. The molecule has 1 aromatic rings. The molecule has 0 radical (unpaired) electrons. The SMILES string of the molecule is CC(C)C(C)N(C)c1ccc(/C=C/C(=O)O)cc1[N+](=O)[O-]. The van der Waals surface area contributed by atoms with E-state index in [9.17, 15) is 14.9 Å². The molecule has 0 fully saturated rings. The monoisotopic (exact) mass is 292 g/mol. The molecule has 114 valence electrons. The number of carboxylic acids is 1. The first-order chi connectivity index (χ1) is 9.73. The lowest BCUT2D eigenvalue weighted by Crippen LogP contribution is -2.33. The van der Waals surface area contributed by atoms with Gasteiger partial charge in [-0.15, -0.1) is 0 Å². The Hall–Kier alpha value is -2.37. The van der Waals surface area contributed by atoms with Crippen LogP contribution in [0.1, 0.15) is 26.3 Å². The van der Waals surface area contributed by atoms with Crippen LogP contribution in [0.15, 0.2) is 24.3 Å². The smallest absolute Gasteiger partial charge is 0.328 e. The van der Waals surface area contributed by atoms with Gasteiger partial charge in [0.1, 0.15) is 5.69 Å². The van der Waals surface area contributed by atoms with Crippen LogP contribution in [0, 0.1) is 16.0 Å². The van der Waals surface area contributed by atoms with Gasteiger partial charge >= 0.3 is 5.97 Å². The van der Waals surface area contributed by atoms with E-state index in [2.05, 4.69) is 13.8 Å². The van der Waals surface area contributed by atoms with E-state index in [0.717, 1.165) is 6.08 Å². The fourth-order valence-corrected chi connectivity index (χ4v) is 1.92. The summed E-state index contributed by atoms with van der Waals surface area (Å²) in [6.07, 6.45) is 2.30. The van der Waals surface area contributed by atoms with Crippen molar-refractivity contribution in [2.24, 2.45) is 5.92 Å². The number of rotatable bonds is 6. The lowest BCUT2D eigenvalue weighted by Gasteiger charge is -2.29. The van der Waals surface area contributed by atoms with Crippen molar-refractivity contribution < 1.29 is 14.8 Å². The van der Waals surface area contributed by atoms with Crippen LogP contribution in [0.4, 0.5) is 11.4 Å². The van der Waals surface area contributed by atoms with E-state index in [1.54, 1.807) is 12.1 Å². The molecule has 0 aliphatic carbocycles. The van der Waals surface area contributed by atoms with Crippen LogP contribution >= 0.6 is 0 Å². The quantitative estimate of drug-likeness (QED) is 0.494. The Bertz CT molecular complexity index is 567. The predicted octanol–water partition coefficient (Wildman–Crippen LogP) is 3.17. The van der Waals surface area contributed by atoms with E-state index in [-0.39, 0.29) is 11.7 Å². The molecule has 1 rings (SSSR count). The van der Waals surface area contributed by atoms with Crippen LogP contribution in [0.5, 0.6) is 0 Å². The summed E-state index contributed by atoms with van der Waals surface area (Å²) in [4.78, 5) is 23.2. The molecular weight excluding hydrogens is 272 g/mol. The molecule has 0 amide bonds. The Morgan fingerprint density at radius 2 is 2.00 bits per heavy atom. The van der Waals surface area contributed by atoms with Gasteiger partial charge in [-0.3, -0.25) is 10.1 Å². The molecule has 1 atom stereocenters. The first-order valence-electron chi connectivity index (χ1n) is 6.66. The highest BCUT2D eigenvalue weighted by Gasteiger charge is 2.22. The van der Waals surface area contributed by atoms with Gasteiger partial charge in [0.15, 0.2) is 0 Å². The number of hydrogen-bond donors (Lipinski definition) is 1. The second-order valence-corrected chi connectivity index (χ2v) is 5.27. The fraction of sp³-hybridized carbons (Fsp3) is 0.400. The minimum absolute atomic E-state index is 0.0301. The normalized spacial score (nSPS) is 12.6. The highest BCUT2D eigenvalue weighted by Crippen LogP contribution is 2.31. The maximum absolute atomic E-state index is 11.2. The van der Waals surface area contributed by atoms with Crippen molar-refractivity contribution in [1.29, 1.82) is 0 Å². The standard InChI is InChI=1S/C15H20N2O4/c1-10(2)11(3)16(4)13-7-5-12(6-8-15(18)19)9-14(13)17(20)21/h5-11H,1-4H3,(H,18,19)/b8-6+. The highest BCUT2D eigenvalue weighted by molar-refractivity contribution is 5.85. The predicted molar refractivity (Wildman–Crippen MR) is 82.5 cm³/mol. The number of anilines is 1. The van der Waals surface area contributed by atoms with E-state index in [0.29, 0.717) is 17.2 Å². The number of hydrogen-bond acceptors (Lipinski definition) is 4. The lowest BCUT2D eigenvalue weighted by atomic mass is 10.0. The molecule has 0 spiro atoms. The van der Waals surface area contributed by atoms with Gasteiger partial charge in [0.05, 0.1) is 4.92 Å². The molecule has 1 aromatic carbocycles. The molecule has 0 saturated heterocycles. The Balaban J connectivity index is 3.22. The van der Waals surface area contributed by atoms with Gasteiger partial charge < -0.3 is 10.0 Å². The molecule has 0 aliphatic heterocycles. The molecule has 1 unspecified atom stereocenters. The maximum atomic E-state index is 11.2. The Morgan fingerprint density at radius 3 is 2.48 bits per heavy atom. The van der Waals surface area contributed by atoms with Crippen LogP contribution in [-0.4, -0.2) is 29.1 Å². The third kappa shape index (κ3) is 4.30. The second-order valence-electron chi connectivity index (χ2n) is 5.27. The Labute approximate surface area is 123 Å². The van der Waals surface area contributed by atoms with Crippen LogP contribution in [-0.2, 0) is 4.79 Å². The van der Waals surface area contributed by atoms with Crippen LogP contribution in [0.25, 0.3) is 6.08 Å². The number of benzene rings is 1. The third-order valence-corrected chi connectivity index (χ3v) is 3.57. The minimum Gasteiger partial charge on any atom is -0.478 e. The molecular formula is C15H20N2O4. The number of carboxylic acid groups (broad SMARTS) is 1. The van der Waals surface area contributed by atoms with E-state index < -0.39 is 10.9 Å². The first-order valence-corrected chi connectivity index (χ1v) is 6.66. The molecule has 21 heavy (non-hydrogen) atoms. The van der Waals surface area contributed by atoms with Crippen molar-refractivity contribution in [3.05, 3.63) is 40.0 Å². The number of carbonyl (C=O) groups is 1. The van der Waals surface area contributed by atoms with Gasteiger partial charge in [-0.2, -0.15) is 0 Å². The summed E-state index contributed by atoms with van der Waals surface area (Å²) >= 11 is 0. The summed E-state index contributed by atoms with van der Waals surface area (Å²) in [5, 5.41) is 19.8. The van der Waals surface area contributed by atoms with Crippen molar-refractivity contribution in [3.63, 3.8) is 0 Å². The van der Waals surface area contributed by atoms with Crippen LogP contribution in [0.3, 0.4) is 0 Å². The van der Waals surface area contributed by atoms with E-state index in [1.807, 2.05) is 18.9 Å². The van der Waals surface area contributed by atoms with E-state index in [1.165, 1.54) is 12.1 Å². The van der Waals surface area contributed by atoms with Gasteiger partial charge in [-0.1, -0.05) is 19.9 Å². The number of nitro groups is 1. The van der Waals surface area contributed by atoms with Crippen molar-refractivity contribution in [3.8, 4) is 0 Å². The molecule has 0 aliphatic rings. The summed E-state index contributed by atoms with van der Waals surface area (Å²) in [5.41, 5.74) is 0.977. The zero-order valence-corrected chi connectivity index (χ0v) is 12.6. The van der Waals surface area contributed by atoms with Gasteiger partial charge in [-0.25, -0.2) is 4.79 Å². The molecule has 0 bridgehead atoms. The average Bonchev–Trinajstić information content (AvgIpc) is 2.42. The maximum Gasteiger partial charge on any atom is 0.328 e. The van der Waals surface area contributed by atoms with Crippen molar-refractivity contribution in [2.75, 3.05) is 11.9 Å². The summed E-state index contributed by atoms with van der Waals surface area (Å²) in [5.74, 6) is -0.742. The van der Waals surface area contributed by atoms with E-state index in [4.69, 9.17) is 5.11 Å². The largest absolute Gasteiger partial charge is 0.478 e. The summed E-state index contributed by atoms with van der Waals surface area (Å²) in [6, 6.07) is 4.85. The zero-order valence-electron chi connectivity index (χ0n) is 12.6. The van der Waals surface area contributed by atoms with Crippen LogP contribution in [0.2, 0.25) is 0 Å². The van der Waals surface area contributed by atoms with Gasteiger partial charge in [0.25, 0.3) is 5.69 Å². The molecule has 6 heteroatoms. The second kappa shape index (κ2) is 6.88. The van der Waals surface area contributed by atoms with Gasteiger partial charge in [-0.05, 0) is 30.5 Å². The van der Waals surface area contributed by atoms with Gasteiger partial charge in [0, 0.05) is 25.2 Å². The molecule has 0 heterocycles. The zero-order chi connectivity index (χ0) is 16.2. The highest BCUT2D eigenvalue weighted by atomic mass is 16.6. The Morgan fingerprint density at radius 1 is 1.38 bits per heavy atom. The molecule has 6 nitrogen and oxygen atoms in total. The van der Waals surface area contributed by atoms with Crippen molar-refractivity contribution in [2.45, 2.75) is 26.8 Å². The molecule has 0 aromatic heterocycles. The third-order valence-electron chi connectivity index (χ3n) is 3.57. The molecule has 0 saturated carbocycles. The summed E-state index contributed by atoms with van der Waals surface area (Å²) in [6.45, 7) is 6.11. The number of nitrogens with zero attached hydrogens (tertiary/aromatic N) is 2. The average molecular weight is 292 g/mol. The number of aliphatic carboxylic acids is 1. The van der Waals surface area contributed by atoms with Crippen molar-refractivity contribution in [1.82, 2.24) is 0 Å². The lowest BCUT2D eigenvalue weighted by molar-refractivity contribution is -0.384. The van der Waals surface area contributed by atoms with E-state index >= 15 is 0 Å². The summed E-state index contributed by atoms with van der Waals surface area (Å²) < 4.78 is 0. The number of nitro benzene ring substituents is 1. The first kappa shape index (κ1) is 16.7. The van der Waals surface area contributed by atoms with Crippen LogP contribution < -0.4 is 4.90 Å². The van der Waals surface area contributed by atoms with Gasteiger partial charge in [0.2, 0.25) is 0 Å². The topological polar surface area (TPSA) is 83.7 Å². The molecule has 1 N–H and O–H groups in total. The minimum atomic E-state index is -1.09. The van der Waals surface area contributed by atoms with Crippen molar-refractivity contribution >= 4 is 23.4 Å². The fourth-order valence-electron chi connectivity index (χ4n) is 1.92. The Kier molecular flexibility index (Phi) is 5.46.